The Bertz CT molecular complexity index is 1430. The van der Waals surface area contributed by atoms with E-state index in [1.807, 2.05) is 35.7 Å². The Labute approximate surface area is 227 Å². The summed E-state index contributed by atoms with van der Waals surface area (Å²) in [6, 6.07) is 17.5. The Balaban J connectivity index is 1.56. The summed E-state index contributed by atoms with van der Waals surface area (Å²) in [6.07, 6.45) is 3.21. The van der Waals surface area contributed by atoms with Gasteiger partial charge in [-0.25, -0.2) is 4.79 Å². The number of nitrogens with one attached hydrogen (secondary N) is 2. The van der Waals surface area contributed by atoms with E-state index >= 15 is 0 Å². The number of ether oxygens (including phenoxy) is 1. The molecule has 0 unspecified atom stereocenters. The van der Waals surface area contributed by atoms with E-state index in [2.05, 4.69) is 46.7 Å². The van der Waals surface area contributed by atoms with Gasteiger partial charge in [-0.05, 0) is 106 Å². The van der Waals surface area contributed by atoms with Crippen LogP contribution in [0.15, 0.2) is 66.2 Å². The van der Waals surface area contributed by atoms with Crippen molar-refractivity contribution in [3.63, 3.8) is 0 Å². The molecule has 0 spiro atoms. The predicted octanol–water partition coefficient (Wildman–Crippen LogP) is 7.06. The lowest BCUT2D eigenvalue weighted by Crippen LogP contribution is -2.27. The summed E-state index contributed by atoms with van der Waals surface area (Å²) in [5, 5.41) is 9.63. The average Bonchev–Trinajstić information content (AvgIpc) is 3.38. The number of carbonyl (C=O) groups excluding carboxylic acids is 2. The summed E-state index contributed by atoms with van der Waals surface area (Å²) < 4.78 is 5.41. The third-order valence-electron chi connectivity index (χ3n) is 5.80. The van der Waals surface area contributed by atoms with Crippen LogP contribution in [0.5, 0.6) is 0 Å². The lowest BCUT2D eigenvalue weighted by atomic mass is 10.0. The zero-order valence-corrected chi connectivity index (χ0v) is 23.3. The number of pyridine rings is 1. The number of carbonyl (C=O) groups is 2. The minimum atomic E-state index is -0.647. The smallest absolute Gasteiger partial charge is 0.412 e. The molecule has 2 aromatic carbocycles. The number of amides is 2. The quantitative estimate of drug-likeness (QED) is 0.255. The number of benzene rings is 2. The molecule has 0 atom stereocenters. The fourth-order valence-corrected chi connectivity index (χ4v) is 4.75. The van der Waals surface area contributed by atoms with Crippen molar-refractivity contribution in [3.05, 3.63) is 77.4 Å². The van der Waals surface area contributed by atoms with Gasteiger partial charge in [0.1, 0.15) is 11.3 Å². The molecule has 198 valence electrons. The van der Waals surface area contributed by atoms with E-state index in [1.54, 1.807) is 50.4 Å². The van der Waals surface area contributed by atoms with Crippen LogP contribution in [0.25, 0.3) is 21.2 Å². The Morgan fingerprint density at radius 3 is 2.50 bits per heavy atom. The van der Waals surface area contributed by atoms with Crippen LogP contribution in [0, 0.1) is 0 Å². The van der Waals surface area contributed by atoms with E-state index in [-0.39, 0.29) is 5.91 Å². The van der Waals surface area contributed by atoms with Gasteiger partial charge in [-0.15, -0.1) is 11.3 Å². The second kappa shape index (κ2) is 11.8. The summed E-state index contributed by atoms with van der Waals surface area (Å²) in [4.78, 5) is 33.4. The molecule has 4 aromatic rings. The third-order valence-corrected chi connectivity index (χ3v) is 6.72. The van der Waals surface area contributed by atoms with Gasteiger partial charge in [-0.2, -0.15) is 0 Å². The van der Waals surface area contributed by atoms with Gasteiger partial charge in [0.15, 0.2) is 0 Å². The number of thiophene rings is 1. The van der Waals surface area contributed by atoms with Crippen LogP contribution in [-0.2, 0) is 11.2 Å². The Morgan fingerprint density at radius 2 is 1.79 bits per heavy atom. The van der Waals surface area contributed by atoms with Gasteiger partial charge in [0.25, 0.3) is 5.91 Å². The molecule has 2 aromatic heterocycles. The van der Waals surface area contributed by atoms with E-state index in [1.165, 1.54) is 5.56 Å². The summed E-state index contributed by atoms with van der Waals surface area (Å²) in [5.41, 5.74) is 2.73. The number of anilines is 2. The number of aromatic nitrogens is 1. The van der Waals surface area contributed by atoms with Crippen LogP contribution in [0.1, 0.15) is 43.2 Å². The van der Waals surface area contributed by atoms with Crippen LogP contribution in [0.4, 0.5) is 16.2 Å². The van der Waals surface area contributed by atoms with E-state index in [9.17, 15) is 9.59 Å². The topological polar surface area (TPSA) is 83.6 Å². The molecule has 4 rings (SSSR count). The second-order valence-electron chi connectivity index (χ2n) is 10.5. The Morgan fingerprint density at radius 1 is 0.974 bits per heavy atom. The number of nitrogens with zero attached hydrogens (tertiary/aromatic N) is 2. The maximum absolute atomic E-state index is 13.3. The van der Waals surface area contributed by atoms with Crippen molar-refractivity contribution in [1.82, 2.24) is 9.88 Å². The highest BCUT2D eigenvalue weighted by Crippen LogP contribution is 2.32. The third kappa shape index (κ3) is 7.40. The molecule has 0 radical (unpaired) electrons. The molecule has 0 bridgehead atoms. The van der Waals surface area contributed by atoms with Gasteiger partial charge < -0.3 is 15.0 Å². The molecule has 0 aliphatic carbocycles. The maximum atomic E-state index is 13.3. The second-order valence-corrected chi connectivity index (χ2v) is 11.4. The van der Waals surface area contributed by atoms with E-state index < -0.39 is 11.7 Å². The molecule has 8 heteroatoms. The fraction of sp³-hybridized carbons (Fsp3) is 0.300. The first kappa shape index (κ1) is 27.3. The minimum Gasteiger partial charge on any atom is -0.444 e. The van der Waals surface area contributed by atoms with Crippen molar-refractivity contribution in [3.8, 4) is 10.4 Å². The Hall–Kier alpha value is -3.75. The summed E-state index contributed by atoms with van der Waals surface area (Å²) in [7, 11) is 4.15. The molecule has 0 saturated carbocycles. The van der Waals surface area contributed by atoms with Crippen molar-refractivity contribution in [2.24, 2.45) is 0 Å². The first-order valence-corrected chi connectivity index (χ1v) is 13.5. The summed E-state index contributed by atoms with van der Waals surface area (Å²) >= 11 is 1.60. The zero-order chi connectivity index (χ0) is 27.3. The summed E-state index contributed by atoms with van der Waals surface area (Å²) in [5.74, 6) is -0.363. The highest BCUT2D eigenvalue weighted by molar-refractivity contribution is 7.13. The first-order chi connectivity index (χ1) is 18.1. The molecule has 38 heavy (non-hydrogen) atoms. The zero-order valence-electron chi connectivity index (χ0n) is 22.5. The van der Waals surface area contributed by atoms with Crippen molar-refractivity contribution < 1.29 is 14.3 Å². The Kier molecular flexibility index (Phi) is 8.44. The molecule has 2 N–H and O–H groups in total. The van der Waals surface area contributed by atoms with Crippen molar-refractivity contribution in [1.29, 1.82) is 0 Å². The van der Waals surface area contributed by atoms with Crippen LogP contribution in [0.3, 0.4) is 0 Å². The highest BCUT2D eigenvalue weighted by Gasteiger charge is 2.19. The van der Waals surface area contributed by atoms with Crippen LogP contribution < -0.4 is 10.6 Å². The van der Waals surface area contributed by atoms with Gasteiger partial charge in [0, 0.05) is 16.5 Å². The SMILES string of the molecule is CN(C)CCCc1ccc2cc(C(=O)Nc3cc(-c4cccs4)ccc3NC(=O)OC(C)(C)C)ncc2c1. The number of hydrogen-bond donors (Lipinski definition) is 2. The molecule has 2 amide bonds. The van der Waals surface area contributed by atoms with Crippen LogP contribution in [-0.4, -0.2) is 48.1 Å². The van der Waals surface area contributed by atoms with E-state index in [0.29, 0.717) is 17.1 Å². The van der Waals surface area contributed by atoms with E-state index in [0.717, 1.165) is 40.6 Å². The minimum absolute atomic E-state index is 0.294. The lowest BCUT2D eigenvalue weighted by molar-refractivity contribution is 0.0635. The number of fused-ring (bicyclic) bond motifs is 1. The van der Waals surface area contributed by atoms with Gasteiger partial charge in [-0.3, -0.25) is 15.1 Å². The molecular formula is C30H34N4O3S. The number of hydrogen-bond acceptors (Lipinski definition) is 6. The van der Waals surface area contributed by atoms with Crippen molar-refractivity contribution in [2.75, 3.05) is 31.3 Å². The standard InChI is InChI=1S/C30H34N4O3S/c1-30(2,3)37-29(36)33-24-13-12-22(27-9-7-15-38-27)18-25(24)32-28(35)26-17-21-11-10-20(8-6-14-34(4)5)16-23(21)19-31-26/h7,9-13,15-19H,6,8,14H2,1-5H3,(H,32,35)(H,33,36). The molecule has 0 aliphatic rings. The number of aryl methyl sites for hydroxylation is 1. The maximum Gasteiger partial charge on any atom is 0.412 e. The molecule has 0 saturated heterocycles. The largest absolute Gasteiger partial charge is 0.444 e. The molecule has 7 nitrogen and oxygen atoms in total. The van der Waals surface area contributed by atoms with Gasteiger partial charge >= 0.3 is 6.09 Å². The first-order valence-electron chi connectivity index (χ1n) is 12.6. The van der Waals surface area contributed by atoms with Gasteiger partial charge in [-0.1, -0.05) is 24.3 Å². The predicted molar refractivity (Wildman–Crippen MR) is 156 cm³/mol. The van der Waals surface area contributed by atoms with Crippen molar-refractivity contribution in [2.45, 2.75) is 39.2 Å². The molecule has 0 fully saturated rings. The van der Waals surface area contributed by atoms with Gasteiger partial charge in [0.05, 0.1) is 11.4 Å². The molecule has 0 aliphatic heterocycles. The van der Waals surface area contributed by atoms with E-state index in [4.69, 9.17) is 4.74 Å². The molecular weight excluding hydrogens is 496 g/mol. The van der Waals surface area contributed by atoms with Crippen molar-refractivity contribution >= 4 is 45.5 Å². The highest BCUT2D eigenvalue weighted by atomic mass is 32.1. The van der Waals surface area contributed by atoms with Crippen LogP contribution in [0.2, 0.25) is 0 Å². The van der Waals surface area contributed by atoms with Crippen LogP contribution >= 0.6 is 11.3 Å². The summed E-state index contributed by atoms with van der Waals surface area (Å²) in [6.45, 7) is 6.43. The number of rotatable bonds is 8. The lowest BCUT2D eigenvalue weighted by Gasteiger charge is -2.21. The average molecular weight is 531 g/mol. The van der Waals surface area contributed by atoms with Gasteiger partial charge in [0.2, 0.25) is 0 Å². The fourth-order valence-electron chi connectivity index (χ4n) is 4.02. The monoisotopic (exact) mass is 530 g/mol. The molecule has 2 heterocycles. The normalized spacial score (nSPS) is 11.5.